The van der Waals surface area contributed by atoms with Gasteiger partial charge in [0.25, 0.3) is 0 Å². The van der Waals surface area contributed by atoms with Crippen molar-refractivity contribution in [2.75, 3.05) is 19.0 Å². The fraction of sp³-hybridized carbons (Fsp3) is 0.263. The van der Waals surface area contributed by atoms with Gasteiger partial charge in [-0.2, -0.15) is 18.3 Å². The number of aromatic nitrogens is 4. The van der Waals surface area contributed by atoms with Crippen LogP contribution in [-0.2, 0) is 18.0 Å². The zero-order chi connectivity index (χ0) is 21.9. The molecule has 8 nitrogen and oxygen atoms in total. The maximum Gasteiger partial charge on any atom is 0.416 e. The number of anilines is 2. The summed E-state index contributed by atoms with van der Waals surface area (Å²) < 4.78 is 50.6. The molecule has 1 N–H and O–H groups in total. The van der Waals surface area contributed by atoms with Crippen LogP contribution in [0.2, 0.25) is 0 Å². The predicted molar refractivity (Wildman–Crippen MR) is 101 cm³/mol. The van der Waals surface area contributed by atoms with E-state index >= 15 is 0 Å². The summed E-state index contributed by atoms with van der Waals surface area (Å²) in [5.41, 5.74) is 0.226. The van der Waals surface area contributed by atoms with Crippen molar-refractivity contribution < 1.29 is 27.4 Å². The normalized spacial score (nSPS) is 11.3. The molecule has 0 bridgehead atoms. The van der Waals surface area contributed by atoms with Gasteiger partial charge < -0.3 is 14.8 Å². The number of nitrogens with one attached hydrogen (secondary N) is 1. The smallest absolute Gasteiger partial charge is 0.416 e. The van der Waals surface area contributed by atoms with Crippen molar-refractivity contribution >= 4 is 17.6 Å². The Morgan fingerprint density at radius 1 is 1.20 bits per heavy atom. The standard InChI is InChI=1S/C19H18F3N5O3/c1-4-30-17(28)16-10-15(26-27(16)2)14-5-6-23-18(25-14)24-12-7-11(19(20,21)22)8-13(9-12)29-3/h5-10H,4H2,1-3H3,(H,23,24,25). The molecule has 0 amide bonds. The molecule has 0 saturated carbocycles. The highest BCUT2D eigenvalue weighted by atomic mass is 19.4. The van der Waals surface area contributed by atoms with Crippen molar-refractivity contribution in [3.8, 4) is 17.1 Å². The summed E-state index contributed by atoms with van der Waals surface area (Å²) in [6.07, 6.45) is -3.11. The summed E-state index contributed by atoms with van der Waals surface area (Å²) in [7, 11) is 2.86. The SMILES string of the molecule is CCOC(=O)c1cc(-c2ccnc(Nc3cc(OC)cc(C(F)(F)F)c3)n2)nn1C. The Kier molecular flexibility index (Phi) is 5.90. The van der Waals surface area contributed by atoms with Crippen LogP contribution >= 0.6 is 0 Å². The monoisotopic (exact) mass is 421 g/mol. The van der Waals surface area contributed by atoms with Crippen molar-refractivity contribution in [1.29, 1.82) is 0 Å². The fourth-order valence-corrected chi connectivity index (χ4v) is 2.63. The third-order valence-corrected chi connectivity index (χ3v) is 4.01. The van der Waals surface area contributed by atoms with Gasteiger partial charge in [-0.1, -0.05) is 0 Å². The van der Waals surface area contributed by atoms with Crippen LogP contribution in [0.1, 0.15) is 23.0 Å². The highest BCUT2D eigenvalue weighted by Gasteiger charge is 2.31. The van der Waals surface area contributed by atoms with Gasteiger partial charge in [0.1, 0.15) is 17.1 Å². The predicted octanol–water partition coefficient (Wildman–Crippen LogP) is 3.82. The second kappa shape index (κ2) is 8.39. The number of halogens is 3. The summed E-state index contributed by atoms with van der Waals surface area (Å²) in [5, 5.41) is 6.97. The second-order valence-corrected chi connectivity index (χ2v) is 6.10. The van der Waals surface area contributed by atoms with E-state index in [0.29, 0.717) is 11.4 Å². The average molecular weight is 421 g/mol. The minimum absolute atomic E-state index is 0.0345. The molecule has 3 rings (SSSR count). The molecule has 2 heterocycles. The lowest BCUT2D eigenvalue weighted by atomic mass is 10.2. The van der Waals surface area contributed by atoms with Gasteiger partial charge in [0.2, 0.25) is 5.95 Å². The van der Waals surface area contributed by atoms with Gasteiger partial charge in [-0.15, -0.1) is 0 Å². The van der Waals surface area contributed by atoms with E-state index in [2.05, 4.69) is 20.4 Å². The Labute approximate surface area is 169 Å². The molecule has 0 radical (unpaired) electrons. The summed E-state index contributed by atoms with van der Waals surface area (Å²) in [5.74, 6) is -0.438. The number of benzene rings is 1. The van der Waals surface area contributed by atoms with Crippen LogP contribution in [0.15, 0.2) is 36.5 Å². The number of carbonyl (C=O) groups excluding carboxylic acids is 1. The number of esters is 1. The number of ether oxygens (including phenoxy) is 2. The minimum atomic E-state index is -4.54. The Bertz CT molecular complexity index is 1070. The molecule has 0 fully saturated rings. The molecule has 2 aromatic heterocycles. The van der Waals surface area contributed by atoms with Crippen molar-refractivity contribution in [3.63, 3.8) is 0 Å². The molecule has 0 saturated heterocycles. The number of alkyl halides is 3. The first-order chi connectivity index (χ1) is 14.2. The number of methoxy groups -OCH3 is 1. The highest BCUT2D eigenvalue weighted by molar-refractivity contribution is 5.88. The van der Waals surface area contributed by atoms with E-state index in [1.54, 1.807) is 20.0 Å². The average Bonchev–Trinajstić information content (AvgIpc) is 3.09. The Balaban J connectivity index is 1.90. The molecule has 11 heteroatoms. The Morgan fingerprint density at radius 2 is 1.97 bits per heavy atom. The third kappa shape index (κ3) is 4.67. The van der Waals surface area contributed by atoms with Crippen LogP contribution in [0.4, 0.5) is 24.8 Å². The maximum absolute atomic E-state index is 13.1. The molecule has 0 aliphatic rings. The number of aryl methyl sites for hydroxylation is 1. The van der Waals surface area contributed by atoms with Crippen LogP contribution in [0.5, 0.6) is 5.75 Å². The van der Waals surface area contributed by atoms with E-state index < -0.39 is 17.7 Å². The molecule has 30 heavy (non-hydrogen) atoms. The Hall–Kier alpha value is -3.63. The lowest BCUT2D eigenvalue weighted by molar-refractivity contribution is -0.137. The molecule has 0 atom stereocenters. The van der Waals surface area contributed by atoms with E-state index in [-0.39, 0.29) is 29.7 Å². The fourth-order valence-electron chi connectivity index (χ4n) is 2.63. The number of hydrogen-bond acceptors (Lipinski definition) is 7. The first-order valence-corrected chi connectivity index (χ1v) is 8.79. The zero-order valence-electron chi connectivity index (χ0n) is 16.3. The van der Waals surface area contributed by atoms with Crippen LogP contribution in [0.25, 0.3) is 11.4 Å². The molecule has 3 aromatic rings. The lowest BCUT2D eigenvalue weighted by Crippen LogP contribution is -2.10. The van der Waals surface area contributed by atoms with Crippen LogP contribution in [0.3, 0.4) is 0 Å². The van der Waals surface area contributed by atoms with Crippen LogP contribution in [-0.4, -0.2) is 39.4 Å². The molecule has 1 aromatic carbocycles. The Morgan fingerprint density at radius 3 is 2.63 bits per heavy atom. The van der Waals surface area contributed by atoms with Crippen LogP contribution in [0, 0.1) is 0 Å². The van der Waals surface area contributed by atoms with Gasteiger partial charge in [-0.25, -0.2) is 14.8 Å². The first kappa shape index (κ1) is 21.1. The number of rotatable bonds is 6. The highest BCUT2D eigenvalue weighted by Crippen LogP contribution is 2.34. The van der Waals surface area contributed by atoms with Gasteiger partial charge >= 0.3 is 12.1 Å². The number of carbonyl (C=O) groups is 1. The van der Waals surface area contributed by atoms with Crippen molar-refractivity contribution in [2.24, 2.45) is 7.05 Å². The molecule has 0 unspecified atom stereocenters. The second-order valence-electron chi connectivity index (χ2n) is 6.10. The molecule has 158 valence electrons. The quantitative estimate of drug-likeness (QED) is 0.605. The van der Waals surface area contributed by atoms with Crippen LogP contribution < -0.4 is 10.1 Å². The van der Waals surface area contributed by atoms with E-state index in [9.17, 15) is 18.0 Å². The van der Waals surface area contributed by atoms with Gasteiger partial charge in [-0.05, 0) is 25.1 Å². The third-order valence-electron chi connectivity index (χ3n) is 4.01. The summed E-state index contributed by atoms with van der Waals surface area (Å²) in [4.78, 5) is 20.3. The summed E-state index contributed by atoms with van der Waals surface area (Å²) in [6.45, 7) is 1.92. The molecular formula is C19H18F3N5O3. The van der Waals surface area contributed by atoms with Crippen molar-refractivity contribution in [2.45, 2.75) is 13.1 Å². The van der Waals surface area contributed by atoms with Gasteiger partial charge in [-0.3, -0.25) is 4.68 Å². The van der Waals surface area contributed by atoms with E-state index in [0.717, 1.165) is 12.1 Å². The number of hydrogen-bond donors (Lipinski definition) is 1. The van der Waals surface area contributed by atoms with Gasteiger partial charge in [0.15, 0.2) is 0 Å². The molecule has 0 aliphatic carbocycles. The topological polar surface area (TPSA) is 91.2 Å². The molecule has 0 aliphatic heterocycles. The first-order valence-electron chi connectivity index (χ1n) is 8.79. The van der Waals surface area contributed by atoms with Gasteiger partial charge in [0, 0.05) is 31.1 Å². The van der Waals surface area contributed by atoms with E-state index in [1.807, 2.05) is 0 Å². The largest absolute Gasteiger partial charge is 0.497 e. The maximum atomic E-state index is 13.1. The van der Waals surface area contributed by atoms with Crippen molar-refractivity contribution in [3.05, 3.63) is 47.8 Å². The van der Waals surface area contributed by atoms with Crippen molar-refractivity contribution in [1.82, 2.24) is 19.7 Å². The minimum Gasteiger partial charge on any atom is -0.497 e. The lowest BCUT2D eigenvalue weighted by Gasteiger charge is -2.12. The summed E-state index contributed by atoms with van der Waals surface area (Å²) >= 11 is 0. The van der Waals surface area contributed by atoms with E-state index in [4.69, 9.17) is 9.47 Å². The summed E-state index contributed by atoms with van der Waals surface area (Å²) in [6, 6.07) is 6.29. The molecule has 0 spiro atoms. The zero-order valence-corrected chi connectivity index (χ0v) is 16.3. The number of nitrogens with zero attached hydrogens (tertiary/aromatic N) is 4. The van der Waals surface area contributed by atoms with E-state index in [1.165, 1.54) is 30.1 Å². The molecular weight excluding hydrogens is 403 g/mol. The van der Waals surface area contributed by atoms with Gasteiger partial charge in [0.05, 0.1) is 25.0 Å².